The van der Waals surface area contributed by atoms with Gasteiger partial charge in [0.25, 0.3) is 5.91 Å². The topological polar surface area (TPSA) is 227 Å². The molecule has 19 nitrogen and oxygen atoms in total. The van der Waals surface area contributed by atoms with Gasteiger partial charge in [-0.05, 0) is 103 Å². The number of rotatable bonds is 30. The van der Waals surface area contributed by atoms with Crippen LogP contribution in [-0.2, 0) is 55.7 Å². The summed E-state index contributed by atoms with van der Waals surface area (Å²) < 4.78 is 56.1. The number of carbonyl (C=O) groups excluding carboxylic acids is 5. The van der Waals surface area contributed by atoms with E-state index < -0.39 is 35.1 Å². The van der Waals surface area contributed by atoms with Gasteiger partial charge in [0.05, 0.1) is 98.6 Å². The summed E-state index contributed by atoms with van der Waals surface area (Å²) in [6.45, 7) is 13.6. The number of ketones is 2. The summed E-state index contributed by atoms with van der Waals surface area (Å²) >= 11 is 1.59. The number of hydrogen-bond donors (Lipinski definition) is 4. The summed E-state index contributed by atoms with van der Waals surface area (Å²) in [4.78, 5) is 79.2. The lowest BCUT2D eigenvalue weighted by atomic mass is 9.76. The van der Waals surface area contributed by atoms with Gasteiger partial charge < -0.3 is 54.1 Å². The maximum atomic E-state index is 14.1. The summed E-state index contributed by atoms with van der Waals surface area (Å²) in [7, 11) is 0. The number of likely N-dealkylation sites (tertiary alicyclic amines) is 1. The van der Waals surface area contributed by atoms with E-state index in [-0.39, 0.29) is 100 Å². The molecule has 3 amide bonds. The van der Waals surface area contributed by atoms with Crippen molar-refractivity contribution < 1.29 is 61.5 Å². The number of benzene rings is 4. The van der Waals surface area contributed by atoms with Crippen molar-refractivity contribution >= 4 is 68.7 Å². The lowest BCUT2D eigenvalue weighted by Gasteiger charge is -2.36. The lowest BCUT2D eigenvalue weighted by Crippen LogP contribution is -2.49. The average Bonchev–Trinajstić information content (AvgIpc) is 2.18. The maximum Gasteiger partial charge on any atom is 0.258 e. The molecule has 0 radical (unpaired) electrons. The van der Waals surface area contributed by atoms with E-state index in [1.807, 2.05) is 92.7 Å². The highest BCUT2D eigenvalue weighted by Gasteiger charge is 2.44. The molecule has 3 aliphatic heterocycles. The molecular weight excluding hydrogens is 1150 g/mol. The van der Waals surface area contributed by atoms with E-state index in [4.69, 9.17) is 23.7 Å². The number of carbonyl (C=O) groups is 5. The number of aromatic nitrogens is 3. The molecule has 2 aromatic heterocycles. The number of fused-ring (bicyclic) bond motifs is 1. The van der Waals surface area contributed by atoms with E-state index in [2.05, 4.69) is 30.7 Å². The number of piperazine rings is 1. The molecule has 3 atom stereocenters. The number of aliphatic hydroxyl groups is 1. The van der Waals surface area contributed by atoms with Crippen LogP contribution < -0.4 is 15.5 Å². The van der Waals surface area contributed by atoms with Crippen LogP contribution >= 0.6 is 11.3 Å². The first-order chi connectivity index (χ1) is 42.4. The molecule has 0 unspecified atom stereocenters. The standard InChI is InChI=1S/C66H82F2N8O11S/c1-43-62(88-42-69-43)47-9-5-44(6-10-47)8-14-60(79)59-40-53(78)41-76(59)65(82)56(66(2,3)4)39-52(77)17-25-84-27-29-86-31-32-87-30-28-85-26-18-61(80)75-21-19-74(20-22-75)51-11-12-54(58(38-51)70-50-15-23-83-24-16-50)64(81)71-63-55-36-45(7-13-57(55)72-73-63)33-46-34-48(67)37-49(68)35-46/h5-7,9-13,34-38,42,50,53,56,59,70,78H,8,14-33,39-41H2,1-4H3,(H2,71,72,73,81)/t53-,56-,59+/m1/s1. The summed E-state index contributed by atoms with van der Waals surface area (Å²) in [6, 6.07) is 22.1. The van der Waals surface area contributed by atoms with Gasteiger partial charge in [0.1, 0.15) is 17.4 Å². The zero-order chi connectivity index (χ0) is 62.2. The monoisotopic (exact) mass is 1230 g/mol. The molecule has 4 aromatic carbocycles. The van der Waals surface area contributed by atoms with Crippen molar-refractivity contribution in [3.63, 3.8) is 0 Å². The van der Waals surface area contributed by atoms with Crippen molar-refractivity contribution in [1.82, 2.24) is 25.0 Å². The first kappa shape index (κ1) is 65.4. The van der Waals surface area contributed by atoms with E-state index in [1.165, 1.54) is 17.0 Å². The SMILES string of the molecule is Cc1ncsc1-c1ccc(CCC(=O)[C@@H]2C[C@@H](O)CN2C(=O)[C@@H](CC(=O)CCOCCOCCOCCOCCC(=O)N2CCN(c3ccc(C(=O)Nc4n[nH]c5ccc(Cc6cc(F)cc(F)c6)cc45)c(NC4CCOCC4)c3)CC2)C(C)(C)C)cc1. The van der Waals surface area contributed by atoms with Crippen molar-refractivity contribution in [2.24, 2.45) is 11.3 Å². The van der Waals surface area contributed by atoms with Crippen molar-refractivity contribution in [3.05, 3.63) is 124 Å². The summed E-state index contributed by atoms with van der Waals surface area (Å²) in [5, 5.41) is 25.2. The number of aryl methyl sites for hydroxylation is 2. The molecule has 0 spiro atoms. The van der Waals surface area contributed by atoms with Gasteiger partial charge in [-0.3, -0.25) is 29.1 Å². The van der Waals surface area contributed by atoms with Gasteiger partial charge >= 0.3 is 0 Å². The Morgan fingerprint density at radius 1 is 0.784 bits per heavy atom. The third-order valence-corrected chi connectivity index (χ3v) is 17.4. The molecule has 472 valence electrons. The Kier molecular flexibility index (Phi) is 23.3. The van der Waals surface area contributed by atoms with E-state index in [0.29, 0.717) is 112 Å². The molecule has 5 heterocycles. The van der Waals surface area contributed by atoms with E-state index in [9.17, 15) is 37.9 Å². The molecule has 4 N–H and O–H groups in total. The largest absolute Gasteiger partial charge is 0.391 e. The van der Waals surface area contributed by atoms with E-state index in [1.54, 1.807) is 17.4 Å². The number of amides is 3. The Bertz CT molecular complexity index is 3300. The predicted molar refractivity (Wildman–Crippen MR) is 333 cm³/mol. The van der Waals surface area contributed by atoms with Crippen LogP contribution in [0.4, 0.5) is 26.0 Å². The van der Waals surface area contributed by atoms with Crippen LogP contribution in [0, 0.1) is 29.9 Å². The van der Waals surface area contributed by atoms with E-state index >= 15 is 0 Å². The van der Waals surface area contributed by atoms with Gasteiger partial charge in [0, 0.05) is 106 Å². The first-order valence-electron chi connectivity index (χ1n) is 30.5. The molecule has 0 aliphatic carbocycles. The van der Waals surface area contributed by atoms with Crippen LogP contribution in [-0.4, -0.2) is 176 Å². The highest BCUT2D eigenvalue weighted by molar-refractivity contribution is 7.13. The van der Waals surface area contributed by atoms with Crippen LogP contribution in [0.3, 0.4) is 0 Å². The fourth-order valence-corrected chi connectivity index (χ4v) is 12.3. The van der Waals surface area contributed by atoms with Gasteiger partial charge in [-0.15, -0.1) is 11.3 Å². The normalized spacial score (nSPS) is 17.0. The highest BCUT2D eigenvalue weighted by Crippen LogP contribution is 2.35. The Hall–Kier alpha value is -7.05. The maximum absolute atomic E-state index is 14.1. The number of H-pyrrole nitrogens is 1. The van der Waals surface area contributed by atoms with E-state index in [0.717, 1.165) is 51.9 Å². The number of aliphatic hydroxyl groups excluding tert-OH is 1. The van der Waals surface area contributed by atoms with Crippen molar-refractivity contribution in [1.29, 1.82) is 0 Å². The Morgan fingerprint density at radius 2 is 1.44 bits per heavy atom. The fraction of sp³-hybridized carbons (Fsp3) is 0.500. The Balaban J connectivity index is 0.624. The minimum Gasteiger partial charge on any atom is -0.391 e. The van der Waals surface area contributed by atoms with Gasteiger partial charge in [-0.2, -0.15) is 5.10 Å². The molecule has 22 heteroatoms. The predicted octanol–water partition coefficient (Wildman–Crippen LogP) is 8.99. The first-order valence-corrected chi connectivity index (χ1v) is 31.4. The number of β-amino-alcohol motifs (C(OH)–C–C–N with tert-alkyl or cyclic N) is 1. The number of halogens is 2. The number of nitrogens with one attached hydrogen (secondary N) is 3. The number of hydrogen-bond acceptors (Lipinski definition) is 16. The second-order valence-corrected chi connectivity index (χ2v) is 24.8. The molecule has 3 saturated heterocycles. The zero-order valence-electron chi connectivity index (χ0n) is 50.8. The Morgan fingerprint density at radius 3 is 2.10 bits per heavy atom. The fourth-order valence-electron chi connectivity index (χ4n) is 11.5. The molecular formula is C66H82F2N8O11S. The molecule has 3 fully saturated rings. The van der Waals surface area contributed by atoms with Gasteiger partial charge in [-0.1, -0.05) is 51.1 Å². The van der Waals surface area contributed by atoms with Crippen LogP contribution in [0.2, 0.25) is 0 Å². The van der Waals surface area contributed by atoms with Gasteiger partial charge in [-0.25, -0.2) is 13.8 Å². The molecule has 0 saturated carbocycles. The van der Waals surface area contributed by atoms with Gasteiger partial charge in [0.2, 0.25) is 11.8 Å². The van der Waals surface area contributed by atoms with Gasteiger partial charge in [0.15, 0.2) is 11.6 Å². The summed E-state index contributed by atoms with van der Waals surface area (Å²) in [5.74, 6) is -2.48. The Labute approximate surface area is 516 Å². The third-order valence-electron chi connectivity index (χ3n) is 16.4. The van der Waals surface area contributed by atoms with Crippen molar-refractivity contribution in [3.8, 4) is 10.4 Å². The number of Topliss-reactive ketones (excluding diaryl/α,β-unsaturated/α-hetero) is 2. The minimum absolute atomic E-state index is 0.00416. The van der Waals surface area contributed by atoms with Crippen LogP contribution in [0.1, 0.15) is 98.5 Å². The van der Waals surface area contributed by atoms with Crippen LogP contribution in [0.5, 0.6) is 0 Å². The molecule has 88 heavy (non-hydrogen) atoms. The van der Waals surface area contributed by atoms with Crippen LogP contribution in [0.15, 0.2) is 84.4 Å². The average molecular weight is 1230 g/mol. The smallest absolute Gasteiger partial charge is 0.258 e. The minimum atomic E-state index is -0.813. The quantitative estimate of drug-likeness (QED) is 0.0309. The number of anilines is 3. The summed E-state index contributed by atoms with van der Waals surface area (Å²) in [5.41, 5.74) is 8.33. The van der Waals surface area contributed by atoms with Crippen molar-refractivity contribution in [2.75, 3.05) is 114 Å². The van der Waals surface area contributed by atoms with Crippen LogP contribution in [0.25, 0.3) is 21.3 Å². The number of aromatic amines is 1. The molecule has 3 aliphatic rings. The second-order valence-electron chi connectivity index (χ2n) is 23.9. The second kappa shape index (κ2) is 31.4. The molecule has 0 bridgehead atoms. The number of nitrogens with zero attached hydrogens (tertiary/aromatic N) is 5. The zero-order valence-corrected chi connectivity index (χ0v) is 51.6. The lowest BCUT2D eigenvalue weighted by molar-refractivity contribution is -0.146. The number of thiazole rings is 1. The highest BCUT2D eigenvalue weighted by atomic mass is 32.1. The summed E-state index contributed by atoms with van der Waals surface area (Å²) in [6.07, 6.45) is 2.35. The number of ether oxygens (including phenoxy) is 5. The molecule has 6 aromatic rings. The third kappa shape index (κ3) is 18.3. The van der Waals surface area contributed by atoms with Crippen molar-refractivity contribution in [2.45, 2.75) is 104 Å². The molecule has 9 rings (SSSR count).